The van der Waals surface area contributed by atoms with Gasteiger partial charge >= 0.3 is 0 Å². The minimum atomic E-state index is -0.0255. The van der Waals surface area contributed by atoms with Gasteiger partial charge in [-0.25, -0.2) is 9.97 Å². The lowest BCUT2D eigenvalue weighted by atomic mass is 9.95. The van der Waals surface area contributed by atoms with Crippen LogP contribution in [0.2, 0.25) is 0 Å². The van der Waals surface area contributed by atoms with Crippen molar-refractivity contribution < 1.29 is 0 Å². The molecule has 0 fully saturated rings. The molecule has 0 spiro atoms. The molecule has 168 valence electrons. The molecule has 3 aromatic heterocycles. The summed E-state index contributed by atoms with van der Waals surface area (Å²) in [7, 11) is 0. The molecule has 1 aliphatic rings. The molecule has 0 saturated carbocycles. The van der Waals surface area contributed by atoms with Crippen LogP contribution < -0.4 is 10.9 Å². The highest BCUT2D eigenvalue weighted by molar-refractivity contribution is 7.97. The van der Waals surface area contributed by atoms with Crippen LogP contribution in [-0.4, -0.2) is 32.3 Å². The molecular weight excluding hydrogens is 430 g/mol. The third-order valence-corrected chi connectivity index (χ3v) is 6.69. The number of nitrogens with one attached hydrogen (secondary N) is 2. The number of aromatic nitrogens is 4. The first-order valence-electron chi connectivity index (χ1n) is 11.2. The summed E-state index contributed by atoms with van der Waals surface area (Å²) in [4.78, 5) is 26.1. The third kappa shape index (κ3) is 4.14. The minimum Gasteiger partial charge on any atom is -0.357 e. The highest BCUT2D eigenvalue weighted by Crippen LogP contribution is 2.31. The maximum atomic E-state index is 13.0. The zero-order chi connectivity index (χ0) is 22.8. The van der Waals surface area contributed by atoms with E-state index < -0.39 is 0 Å². The van der Waals surface area contributed by atoms with E-state index in [0.717, 1.165) is 65.4 Å². The lowest BCUT2D eigenvalue weighted by Crippen LogP contribution is -2.24. The average molecular weight is 458 g/mol. The molecule has 0 amide bonds. The Morgan fingerprint density at radius 2 is 2.15 bits per heavy atom. The fourth-order valence-electron chi connectivity index (χ4n) is 4.50. The van der Waals surface area contributed by atoms with Gasteiger partial charge in [-0.1, -0.05) is 24.3 Å². The first kappa shape index (κ1) is 21.7. The van der Waals surface area contributed by atoms with Gasteiger partial charge in [-0.3, -0.25) is 4.79 Å². The van der Waals surface area contributed by atoms with Crippen LogP contribution in [0.4, 0.5) is 0 Å². The number of hydrogen-bond acceptors (Lipinski definition) is 5. The predicted molar refractivity (Wildman–Crippen MR) is 136 cm³/mol. The molecule has 4 heterocycles. The van der Waals surface area contributed by atoms with Crippen LogP contribution in [0.3, 0.4) is 0 Å². The number of allylic oxidation sites excluding steroid dienone is 1. The van der Waals surface area contributed by atoms with Crippen LogP contribution in [0.15, 0.2) is 60.2 Å². The fraction of sp³-hybridized carbons (Fsp3) is 0.269. The normalized spacial score (nSPS) is 13.2. The molecule has 1 aliphatic heterocycles. The molecule has 0 atom stereocenters. The Morgan fingerprint density at radius 3 is 3.00 bits per heavy atom. The molecule has 2 N–H and O–H groups in total. The molecular formula is C26H27N5OS. The number of rotatable bonds is 7. The average Bonchev–Trinajstić information content (AvgIpc) is 3.34. The Kier molecular flexibility index (Phi) is 6.15. The van der Waals surface area contributed by atoms with Crippen LogP contribution in [-0.2, 0) is 25.3 Å². The van der Waals surface area contributed by atoms with Gasteiger partial charge in [0.1, 0.15) is 5.52 Å². The maximum Gasteiger partial charge on any atom is 0.274 e. The van der Waals surface area contributed by atoms with Gasteiger partial charge in [0.25, 0.3) is 5.56 Å². The van der Waals surface area contributed by atoms with Gasteiger partial charge in [0.2, 0.25) is 0 Å². The summed E-state index contributed by atoms with van der Waals surface area (Å²) in [5.74, 6) is 1.53. The summed E-state index contributed by atoms with van der Waals surface area (Å²) in [6.07, 6.45) is 9.39. The van der Waals surface area contributed by atoms with E-state index in [0.29, 0.717) is 12.1 Å². The van der Waals surface area contributed by atoms with Crippen LogP contribution in [0.25, 0.3) is 33.5 Å². The summed E-state index contributed by atoms with van der Waals surface area (Å²) >= 11 is 1.74. The van der Waals surface area contributed by atoms with E-state index in [-0.39, 0.29) is 5.56 Å². The number of pyridine rings is 1. The largest absolute Gasteiger partial charge is 0.357 e. The number of hydrogen-bond donors (Lipinski definition) is 2. The molecule has 6 nitrogen and oxygen atoms in total. The number of H-pyrrole nitrogens is 1. The maximum absolute atomic E-state index is 13.0. The molecule has 1 aromatic carbocycles. The Labute approximate surface area is 197 Å². The molecule has 33 heavy (non-hydrogen) atoms. The molecule has 4 aromatic rings. The second kappa shape index (κ2) is 9.37. The molecule has 7 heteroatoms. The summed E-state index contributed by atoms with van der Waals surface area (Å²) in [6, 6.07) is 10.4. The number of nitrogens with zero attached hydrogens (tertiary/aromatic N) is 3. The lowest BCUT2D eigenvalue weighted by molar-refractivity contribution is 0.644. The first-order valence-corrected chi connectivity index (χ1v) is 12.6. The quantitative estimate of drug-likeness (QED) is 0.399. The second-order valence-corrected chi connectivity index (χ2v) is 9.12. The fourth-order valence-corrected chi connectivity index (χ4v) is 4.94. The van der Waals surface area contributed by atoms with Crippen molar-refractivity contribution in [3.63, 3.8) is 0 Å². The van der Waals surface area contributed by atoms with Crippen LogP contribution in [0.5, 0.6) is 0 Å². The summed E-state index contributed by atoms with van der Waals surface area (Å²) < 4.78 is 1.75. The molecule has 0 saturated heterocycles. The van der Waals surface area contributed by atoms with Gasteiger partial charge in [0, 0.05) is 47.7 Å². The van der Waals surface area contributed by atoms with E-state index in [1.807, 2.05) is 24.5 Å². The van der Waals surface area contributed by atoms with Crippen molar-refractivity contribution in [2.45, 2.75) is 31.7 Å². The van der Waals surface area contributed by atoms with Crippen molar-refractivity contribution in [2.24, 2.45) is 0 Å². The van der Waals surface area contributed by atoms with E-state index in [1.54, 1.807) is 16.3 Å². The number of aryl methyl sites for hydroxylation is 1. The molecule has 0 aliphatic carbocycles. The van der Waals surface area contributed by atoms with Gasteiger partial charge < -0.3 is 14.9 Å². The van der Waals surface area contributed by atoms with E-state index in [4.69, 9.17) is 9.97 Å². The number of fused-ring (bicyclic) bond motifs is 2. The lowest BCUT2D eigenvalue weighted by Gasteiger charge is -2.20. The van der Waals surface area contributed by atoms with E-state index >= 15 is 0 Å². The summed E-state index contributed by atoms with van der Waals surface area (Å²) in [5, 5.41) is 4.36. The Morgan fingerprint density at radius 1 is 1.24 bits per heavy atom. The highest BCUT2D eigenvalue weighted by Gasteiger charge is 2.19. The highest BCUT2D eigenvalue weighted by atomic mass is 32.2. The Bertz CT molecular complexity index is 1390. The van der Waals surface area contributed by atoms with Gasteiger partial charge in [0.15, 0.2) is 5.82 Å². The van der Waals surface area contributed by atoms with E-state index in [9.17, 15) is 4.79 Å². The Balaban J connectivity index is 1.72. The topological polar surface area (TPSA) is 75.6 Å². The zero-order valence-electron chi connectivity index (χ0n) is 18.7. The SMILES string of the molecule is C=CCCn1cc(-c2cc(CSC)nc(-c3cccc4c3CNCC4)n2)c2cc[nH]c2c1=O. The van der Waals surface area contributed by atoms with Crippen molar-refractivity contribution in [2.75, 3.05) is 12.8 Å². The van der Waals surface area contributed by atoms with Crippen molar-refractivity contribution in [1.29, 1.82) is 0 Å². The molecule has 0 bridgehead atoms. The van der Waals surface area contributed by atoms with E-state index in [2.05, 4.69) is 47.4 Å². The molecule has 0 unspecified atom stereocenters. The van der Waals surface area contributed by atoms with Gasteiger partial charge in [-0.05, 0) is 48.9 Å². The Hall–Kier alpha value is -3.16. The monoisotopic (exact) mass is 457 g/mol. The number of aromatic amines is 1. The van der Waals surface area contributed by atoms with Gasteiger partial charge in [0.05, 0.1) is 11.4 Å². The van der Waals surface area contributed by atoms with Gasteiger partial charge in [-0.2, -0.15) is 11.8 Å². The minimum absolute atomic E-state index is 0.0255. The smallest absolute Gasteiger partial charge is 0.274 e. The van der Waals surface area contributed by atoms with Crippen LogP contribution in [0, 0.1) is 0 Å². The molecule has 5 rings (SSSR count). The summed E-state index contributed by atoms with van der Waals surface area (Å²) in [6.45, 7) is 6.20. The van der Waals surface area contributed by atoms with E-state index in [1.165, 1.54) is 11.1 Å². The number of benzene rings is 1. The first-order chi connectivity index (χ1) is 16.2. The predicted octanol–water partition coefficient (Wildman–Crippen LogP) is 4.54. The number of thioether (sulfide) groups is 1. The van der Waals surface area contributed by atoms with Crippen molar-refractivity contribution in [1.82, 2.24) is 24.8 Å². The zero-order valence-corrected chi connectivity index (χ0v) is 19.5. The summed E-state index contributed by atoms with van der Waals surface area (Å²) in [5.41, 5.74) is 7.04. The van der Waals surface area contributed by atoms with Crippen molar-refractivity contribution >= 4 is 22.7 Å². The molecule has 0 radical (unpaired) electrons. The third-order valence-electron chi connectivity index (χ3n) is 6.11. The van der Waals surface area contributed by atoms with Gasteiger partial charge in [-0.15, -0.1) is 6.58 Å². The van der Waals surface area contributed by atoms with Crippen LogP contribution >= 0.6 is 11.8 Å². The van der Waals surface area contributed by atoms with Crippen molar-refractivity contribution in [3.8, 4) is 22.6 Å². The standard InChI is InChI=1S/C26H27N5OS/c1-3-4-12-31-15-22(19-9-11-28-24(19)26(31)32)23-13-18(16-33-2)29-25(30-23)20-7-5-6-17-8-10-27-14-21(17)20/h3,5-7,9,11,13,15,27-28H,1,4,8,10,12,14,16H2,2H3. The second-order valence-electron chi connectivity index (χ2n) is 8.26. The van der Waals surface area contributed by atoms with Crippen molar-refractivity contribution in [3.05, 3.63) is 82.6 Å². The van der Waals surface area contributed by atoms with Crippen LogP contribution in [0.1, 0.15) is 23.2 Å².